The lowest BCUT2D eigenvalue weighted by Gasteiger charge is -2.32. The Morgan fingerprint density at radius 2 is 1.90 bits per heavy atom. The molecule has 156 valence electrons. The number of methoxy groups -OCH3 is 2. The summed E-state index contributed by atoms with van der Waals surface area (Å²) in [6, 6.07) is 3.89. The zero-order valence-corrected chi connectivity index (χ0v) is 17.9. The Hall–Kier alpha value is -2.10. The molecule has 2 aromatic rings. The molecule has 0 spiro atoms. The Morgan fingerprint density at radius 1 is 1.17 bits per heavy atom. The van der Waals surface area contributed by atoms with E-state index in [1.54, 1.807) is 20.4 Å². The molecule has 29 heavy (non-hydrogen) atoms. The van der Waals surface area contributed by atoms with Crippen molar-refractivity contribution in [2.45, 2.75) is 64.6 Å². The average Bonchev–Trinajstić information content (AvgIpc) is 3.29. The Kier molecular flexibility index (Phi) is 5.08. The summed E-state index contributed by atoms with van der Waals surface area (Å²) >= 11 is 0. The quantitative estimate of drug-likeness (QED) is 0.683. The molecule has 0 unspecified atom stereocenters. The topological polar surface area (TPSA) is 76.9 Å². The minimum atomic E-state index is -0.500. The van der Waals surface area contributed by atoms with Crippen molar-refractivity contribution in [2.24, 2.45) is 0 Å². The SMILES string of the molecule is COc1cc(B2OC(C)(C)C(C)(C)O2)cnc1OCc1cc2n(n1)C[C@H](OC)C2. The van der Waals surface area contributed by atoms with Crippen molar-refractivity contribution >= 4 is 12.6 Å². The number of nitrogens with zero attached hydrogens (tertiary/aromatic N) is 3. The highest BCUT2D eigenvalue weighted by molar-refractivity contribution is 6.62. The van der Waals surface area contributed by atoms with Gasteiger partial charge >= 0.3 is 7.12 Å². The van der Waals surface area contributed by atoms with E-state index in [9.17, 15) is 0 Å². The molecule has 2 aromatic heterocycles. The Labute approximate surface area is 171 Å². The largest absolute Gasteiger partial charge is 0.496 e. The van der Waals surface area contributed by atoms with Gasteiger partial charge in [-0.3, -0.25) is 4.68 Å². The van der Waals surface area contributed by atoms with E-state index < -0.39 is 18.3 Å². The fourth-order valence-corrected chi connectivity index (χ4v) is 3.51. The van der Waals surface area contributed by atoms with Crippen LogP contribution in [0.2, 0.25) is 0 Å². The Balaban J connectivity index is 1.44. The van der Waals surface area contributed by atoms with Crippen molar-refractivity contribution in [1.82, 2.24) is 14.8 Å². The van der Waals surface area contributed by atoms with Gasteiger partial charge in [0.05, 0.1) is 31.0 Å². The first-order chi connectivity index (χ1) is 13.7. The summed E-state index contributed by atoms with van der Waals surface area (Å²) in [4.78, 5) is 4.43. The molecule has 0 radical (unpaired) electrons. The first-order valence-corrected chi connectivity index (χ1v) is 9.83. The molecule has 0 amide bonds. The van der Waals surface area contributed by atoms with E-state index in [2.05, 4.69) is 10.1 Å². The molecule has 1 fully saturated rings. The molecule has 0 aromatic carbocycles. The molecule has 1 atom stereocenters. The number of hydrogen-bond acceptors (Lipinski definition) is 7. The Morgan fingerprint density at radius 3 is 2.52 bits per heavy atom. The maximum atomic E-state index is 6.09. The van der Waals surface area contributed by atoms with E-state index >= 15 is 0 Å². The van der Waals surface area contributed by atoms with Crippen LogP contribution < -0.4 is 14.9 Å². The van der Waals surface area contributed by atoms with Crippen molar-refractivity contribution in [1.29, 1.82) is 0 Å². The van der Waals surface area contributed by atoms with Crippen LogP contribution in [-0.2, 0) is 33.6 Å². The summed E-state index contributed by atoms with van der Waals surface area (Å²) in [7, 11) is 2.82. The minimum Gasteiger partial charge on any atom is -0.491 e. The number of ether oxygens (including phenoxy) is 3. The number of hydrogen-bond donors (Lipinski definition) is 0. The van der Waals surface area contributed by atoms with Gasteiger partial charge in [-0.25, -0.2) is 4.98 Å². The molecule has 2 aliphatic heterocycles. The number of pyridine rings is 1. The van der Waals surface area contributed by atoms with Crippen LogP contribution in [0, 0.1) is 0 Å². The molecular formula is C20H28BN3O5. The summed E-state index contributed by atoms with van der Waals surface area (Å²) in [5.41, 5.74) is 1.98. The second kappa shape index (κ2) is 7.30. The fourth-order valence-electron chi connectivity index (χ4n) is 3.51. The molecule has 9 heteroatoms. The van der Waals surface area contributed by atoms with Crippen molar-refractivity contribution in [3.8, 4) is 11.6 Å². The van der Waals surface area contributed by atoms with E-state index in [1.165, 1.54) is 0 Å². The van der Waals surface area contributed by atoms with Gasteiger partial charge in [0.2, 0.25) is 0 Å². The van der Waals surface area contributed by atoms with E-state index in [0.29, 0.717) is 18.2 Å². The molecule has 2 aliphatic rings. The van der Waals surface area contributed by atoms with Gasteiger partial charge < -0.3 is 23.5 Å². The standard InChI is InChI=1S/C20H28BN3O5/c1-19(2)20(3,4)29-21(28-19)13-7-17(26-6)18(22-10-13)27-12-14-8-15-9-16(25-5)11-24(15)23-14/h7-8,10,16H,9,11-12H2,1-6H3/t16-/m1/s1. The maximum Gasteiger partial charge on any atom is 0.496 e. The molecule has 4 heterocycles. The predicted octanol–water partition coefficient (Wildman–Crippen LogP) is 1.74. The molecule has 0 saturated carbocycles. The molecule has 4 rings (SSSR count). The van der Waals surface area contributed by atoms with Gasteiger partial charge in [0, 0.05) is 30.9 Å². The normalized spacial score (nSPS) is 22.0. The molecule has 1 saturated heterocycles. The summed E-state index contributed by atoms with van der Waals surface area (Å²) in [5, 5.41) is 4.58. The monoisotopic (exact) mass is 401 g/mol. The highest BCUT2D eigenvalue weighted by Crippen LogP contribution is 2.37. The summed E-state index contributed by atoms with van der Waals surface area (Å²) < 4.78 is 30.9. The van der Waals surface area contributed by atoms with E-state index in [1.807, 2.05) is 44.5 Å². The van der Waals surface area contributed by atoms with Gasteiger partial charge in [-0.1, -0.05) is 0 Å². The van der Waals surface area contributed by atoms with Crippen LogP contribution in [0.4, 0.5) is 0 Å². The van der Waals surface area contributed by atoms with Crippen LogP contribution in [0.5, 0.6) is 11.6 Å². The van der Waals surface area contributed by atoms with Crippen LogP contribution >= 0.6 is 0 Å². The van der Waals surface area contributed by atoms with Gasteiger partial charge in [0.15, 0.2) is 5.75 Å². The van der Waals surface area contributed by atoms with Crippen molar-refractivity contribution < 1.29 is 23.5 Å². The highest BCUT2D eigenvalue weighted by Gasteiger charge is 2.52. The average molecular weight is 401 g/mol. The van der Waals surface area contributed by atoms with E-state index in [-0.39, 0.29) is 6.10 Å². The van der Waals surface area contributed by atoms with Gasteiger partial charge in [0.1, 0.15) is 12.3 Å². The number of rotatable bonds is 6. The first-order valence-electron chi connectivity index (χ1n) is 9.83. The first kappa shape index (κ1) is 20.2. The Bertz CT molecular complexity index is 859. The van der Waals surface area contributed by atoms with Crippen LogP contribution in [0.25, 0.3) is 0 Å². The van der Waals surface area contributed by atoms with Gasteiger partial charge in [-0.2, -0.15) is 5.10 Å². The van der Waals surface area contributed by atoms with E-state index in [4.69, 9.17) is 23.5 Å². The lowest BCUT2D eigenvalue weighted by Crippen LogP contribution is -2.41. The number of aromatic nitrogens is 3. The van der Waals surface area contributed by atoms with Gasteiger partial charge in [-0.15, -0.1) is 0 Å². The zero-order valence-electron chi connectivity index (χ0n) is 17.9. The molecule has 0 bridgehead atoms. The summed E-state index contributed by atoms with van der Waals surface area (Å²) in [6.07, 6.45) is 2.78. The number of fused-ring (bicyclic) bond motifs is 1. The molecule has 0 N–H and O–H groups in total. The third kappa shape index (κ3) is 3.74. The predicted molar refractivity (Wildman–Crippen MR) is 108 cm³/mol. The minimum absolute atomic E-state index is 0.205. The van der Waals surface area contributed by atoms with Crippen LogP contribution in [0.1, 0.15) is 39.1 Å². The van der Waals surface area contributed by atoms with Crippen molar-refractivity contribution in [3.63, 3.8) is 0 Å². The summed E-state index contributed by atoms with van der Waals surface area (Å²) in [6.45, 7) is 9.17. The van der Waals surface area contributed by atoms with Crippen molar-refractivity contribution in [2.75, 3.05) is 14.2 Å². The molecular weight excluding hydrogens is 373 g/mol. The third-order valence-corrected chi connectivity index (χ3v) is 6.00. The van der Waals surface area contributed by atoms with Crippen LogP contribution in [0.3, 0.4) is 0 Å². The van der Waals surface area contributed by atoms with Crippen LogP contribution in [-0.4, -0.2) is 53.4 Å². The summed E-state index contributed by atoms with van der Waals surface area (Å²) in [5.74, 6) is 0.944. The van der Waals surface area contributed by atoms with Gasteiger partial charge in [-0.05, 0) is 39.8 Å². The second-order valence-corrected chi connectivity index (χ2v) is 8.52. The second-order valence-electron chi connectivity index (χ2n) is 8.52. The zero-order chi connectivity index (χ0) is 20.8. The lowest BCUT2D eigenvalue weighted by molar-refractivity contribution is 0.00578. The smallest absolute Gasteiger partial charge is 0.491 e. The van der Waals surface area contributed by atoms with Crippen molar-refractivity contribution in [3.05, 3.63) is 29.7 Å². The maximum absolute atomic E-state index is 6.09. The van der Waals surface area contributed by atoms with E-state index in [0.717, 1.165) is 29.8 Å². The molecule has 0 aliphatic carbocycles. The molecule has 8 nitrogen and oxygen atoms in total. The fraction of sp³-hybridized carbons (Fsp3) is 0.600. The highest BCUT2D eigenvalue weighted by atomic mass is 16.7. The van der Waals surface area contributed by atoms with Crippen LogP contribution in [0.15, 0.2) is 18.3 Å². The lowest BCUT2D eigenvalue weighted by atomic mass is 9.80. The third-order valence-electron chi connectivity index (χ3n) is 6.00. The van der Waals surface area contributed by atoms with Gasteiger partial charge in [0.25, 0.3) is 5.88 Å².